The predicted octanol–water partition coefficient (Wildman–Crippen LogP) is 4.01. The lowest BCUT2D eigenvalue weighted by Gasteiger charge is -2.38. The molecule has 2 aromatic rings. The summed E-state index contributed by atoms with van der Waals surface area (Å²) in [4.78, 5) is 4.81. The molecule has 19 heavy (non-hydrogen) atoms. The predicted molar refractivity (Wildman–Crippen MR) is 82.1 cm³/mol. The third kappa shape index (κ3) is 2.85. The zero-order valence-corrected chi connectivity index (χ0v) is 11.6. The number of halogens is 1. The summed E-state index contributed by atoms with van der Waals surface area (Å²) in [6.07, 6.45) is 1.18. The maximum Gasteiger partial charge on any atom is 0.0902 e. The lowest BCUT2D eigenvalue weighted by Crippen LogP contribution is -2.45. The zero-order valence-electron chi connectivity index (χ0n) is 10.8. The van der Waals surface area contributed by atoms with Gasteiger partial charge in [0.25, 0.3) is 0 Å². The zero-order chi connectivity index (χ0) is 13.1. The van der Waals surface area contributed by atoms with E-state index in [0.717, 1.165) is 24.8 Å². The molecule has 0 atom stereocenters. The van der Waals surface area contributed by atoms with Crippen molar-refractivity contribution in [2.24, 2.45) is 0 Å². The Kier molecular flexibility index (Phi) is 3.60. The van der Waals surface area contributed by atoms with Gasteiger partial charge in [0, 0.05) is 29.5 Å². The van der Waals surface area contributed by atoms with Crippen LogP contribution in [0.15, 0.2) is 54.6 Å². The van der Waals surface area contributed by atoms with Gasteiger partial charge in [-0.05, 0) is 42.8 Å². The van der Waals surface area contributed by atoms with E-state index >= 15 is 0 Å². The first-order valence-electron chi connectivity index (χ1n) is 6.63. The molecule has 1 fully saturated rings. The molecule has 1 aliphatic heterocycles. The van der Waals surface area contributed by atoms with Crippen molar-refractivity contribution in [1.82, 2.24) is 0 Å². The fourth-order valence-corrected chi connectivity index (χ4v) is 2.64. The van der Waals surface area contributed by atoms with Crippen molar-refractivity contribution < 1.29 is 0 Å². The average Bonchev–Trinajstić information content (AvgIpc) is 2.49. The molecule has 0 bridgehead atoms. The van der Waals surface area contributed by atoms with E-state index in [1.807, 2.05) is 12.1 Å². The molecule has 2 nitrogen and oxygen atoms in total. The normalized spacial score (nSPS) is 15.6. The first-order valence-corrected chi connectivity index (χ1v) is 7.01. The molecule has 0 N–H and O–H groups in total. The largest absolute Gasteiger partial charge is 0.354 e. The first kappa shape index (κ1) is 12.4. The minimum atomic E-state index is 0.792. The van der Waals surface area contributed by atoms with Crippen molar-refractivity contribution in [3.8, 4) is 0 Å². The van der Waals surface area contributed by atoms with Crippen molar-refractivity contribution in [2.75, 3.05) is 29.6 Å². The summed E-state index contributed by atoms with van der Waals surface area (Å²) >= 11 is 5.95. The Bertz CT molecular complexity index is 524. The Morgan fingerprint density at radius 3 is 1.95 bits per heavy atom. The summed E-state index contributed by atoms with van der Waals surface area (Å²) in [6, 6.07) is 18.7. The van der Waals surface area contributed by atoms with E-state index in [1.54, 1.807) is 0 Å². The van der Waals surface area contributed by atoms with Gasteiger partial charge in [-0.15, -0.1) is 0 Å². The van der Waals surface area contributed by atoms with Gasteiger partial charge in [0.1, 0.15) is 0 Å². The molecule has 0 saturated carbocycles. The van der Waals surface area contributed by atoms with Gasteiger partial charge in [0.05, 0.1) is 6.67 Å². The van der Waals surface area contributed by atoms with Gasteiger partial charge in [0.2, 0.25) is 0 Å². The van der Waals surface area contributed by atoms with Gasteiger partial charge in [-0.1, -0.05) is 29.8 Å². The Morgan fingerprint density at radius 1 is 0.737 bits per heavy atom. The average molecular weight is 273 g/mol. The summed E-state index contributed by atoms with van der Waals surface area (Å²) < 4.78 is 0. The highest BCUT2D eigenvalue weighted by molar-refractivity contribution is 6.30. The number of rotatable bonds is 2. The van der Waals surface area contributed by atoms with Gasteiger partial charge >= 0.3 is 0 Å². The standard InChI is InChI=1S/C16H17ClN2/c17-14-7-9-16(10-8-14)19-12-4-11-18(13-19)15-5-2-1-3-6-15/h1-3,5-10H,4,11-13H2. The van der Waals surface area contributed by atoms with Crippen molar-refractivity contribution >= 4 is 23.0 Å². The quantitative estimate of drug-likeness (QED) is 0.815. The van der Waals surface area contributed by atoms with Crippen LogP contribution in [-0.2, 0) is 0 Å². The van der Waals surface area contributed by atoms with E-state index in [0.29, 0.717) is 0 Å². The number of benzene rings is 2. The molecule has 0 radical (unpaired) electrons. The van der Waals surface area contributed by atoms with E-state index in [4.69, 9.17) is 11.6 Å². The molecule has 3 rings (SSSR count). The van der Waals surface area contributed by atoms with Crippen LogP contribution in [-0.4, -0.2) is 19.8 Å². The van der Waals surface area contributed by atoms with Gasteiger partial charge < -0.3 is 9.80 Å². The van der Waals surface area contributed by atoms with Gasteiger partial charge in [0.15, 0.2) is 0 Å². The molecule has 0 aromatic heterocycles. The second-order valence-corrected chi connectivity index (χ2v) is 5.27. The molecule has 0 aliphatic carbocycles. The summed E-state index contributed by atoms with van der Waals surface area (Å²) in [5.74, 6) is 0. The minimum absolute atomic E-state index is 0.792. The molecule has 98 valence electrons. The SMILES string of the molecule is Clc1ccc(N2CCCN(c3ccccc3)C2)cc1. The van der Waals surface area contributed by atoms with Crippen molar-refractivity contribution in [3.05, 3.63) is 59.6 Å². The lowest BCUT2D eigenvalue weighted by molar-refractivity contribution is 0.615. The minimum Gasteiger partial charge on any atom is -0.354 e. The lowest BCUT2D eigenvalue weighted by atomic mass is 10.2. The molecular weight excluding hydrogens is 256 g/mol. The Hall–Kier alpha value is -1.67. The van der Waals surface area contributed by atoms with Crippen LogP contribution in [0.25, 0.3) is 0 Å². The molecule has 2 aromatic carbocycles. The van der Waals surface area contributed by atoms with Crippen LogP contribution in [0.3, 0.4) is 0 Å². The first-order chi connectivity index (χ1) is 9.33. The van der Waals surface area contributed by atoms with E-state index in [-0.39, 0.29) is 0 Å². The van der Waals surface area contributed by atoms with E-state index in [9.17, 15) is 0 Å². The molecular formula is C16H17ClN2. The van der Waals surface area contributed by atoms with Crippen molar-refractivity contribution in [3.63, 3.8) is 0 Å². The van der Waals surface area contributed by atoms with Gasteiger partial charge in [-0.2, -0.15) is 0 Å². The van der Waals surface area contributed by atoms with Crippen LogP contribution in [0.4, 0.5) is 11.4 Å². The third-order valence-electron chi connectivity index (χ3n) is 3.51. The topological polar surface area (TPSA) is 6.48 Å². The highest BCUT2D eigenvalue weighted by Crippen LogP contribution is 2.23. The van der Waals surface area contributed by atoms with Crippen molar-refractivity contribution in [2.45, 2.75) is 6.42 Å². The van der Waals surface area contributed by atoms with Crippen LogP contribution >= 0.6 is 11.6 Å². The van der Waals surface area contributed by atoms with Crippen LogP contribution in [0, 0.1) is 0 Å². The molecule has 1 heterocycles. The van der Waals surface area contributed by atoms with E-state index in [2.05, 4.69) is 52.3 Å². The highest BCUT2D eigenvalue weighted by Gasteiger charge is 2.17. The Balaban J connectivity index is 1.76. The molecule has 0 amide bonds. The fraction of sp³-hybridized carbons (Fsp3) is 0.250. The van der Waals surface area contributed by atoms with Crippen LogP contribution in [0.5, 0.6) is 0 Å². The monoisotopic (exact) mass is 272 g/mol. The van der Waals surface area contributed by atoms with E-state index < -0.39 is 0 Å². The maximum atomic E-state index is 5.95. The van der Waals surface area contributed by atoms with E-state index in [1.165, 1.54) is 17.8 Å². The maximum absolute atomic E-state index is 5.95. The summed E-state index contributed by atoms with van der Waals surface area (Å²) in [6.45, 7) is 3.16. The second-order valence-electron chi connectivity index (χ2n) is 4.83. The van der Waals surface area contributed by atoms with Crippen LogP contribution in [0.1, 0.15) is 6.42 Å². The summed E-state index contributed by atoms with van der Waals surface area (Å²) in [7, 11) is 0. The van der Waals surface area contributed by atoms with Crippen molar-refractivity contribution in [1.29, 1.82) is 0 Å². The van der Waals surface area contributed by atoms with Crippen LogP contribution in [0.2, 0.25) is 5.02 Å². The summed E-state index contributed by atoms with van der Waals surface area (Å²) in [5.41, 5.74) is 2.53. The number of anilines is 2. The second kappa shape index (κ2) is 5.54. The number of nitrogens with zero attached hydrogens (tertiary/aromatic N) is 2. The Labute approximate surface area is 119 Å². The van der Waals surface area contributed by atoms with Crippen LogP contribution < -0.4 is 9.80 Å². The molecule has 1 aliphatic rings. The number of para-hydroxylation sites is 1. The third-order valence-corrected chi connectivity index (χ3v) is 3.76. The number of hydrogen-bond acceptors (Lipinski definition) is 2. The molecule has 3 heteroatoms. The fourth-order valence-electron chi connectivity index (χ4n) is 2.51. The Morgan fingerprint density at radius 2 is 1.32 bits per heavy atom. The highest BCUT2D eigenvalue weighted by atomic mass is 35.5. The summed E-state index contributed by atoms with van der Waals surface area (Å²) in [5, 5.41) is 0.792. The molecule has 0 unspecified atom stereocenters. The number of hydrogen-bond donors (Lipinski definition) is 0. The molecule has 1 saturated heterocycles. The van der Waals surface area contributed by atoms with Gasteiger partial charge in [-0.25, -0.2) is 0 Å². The smallest absolute Gasteiger partial charge is 0.0902 e. The molecule has 0 spiro atoms. The van der Waals surface area contributed by atoms with Gasteiger partial charge in [-0.3, -0.25) is 0 Å².